The predicted octanol–water partition coefficient (Wildman–Crippen LogP) is 4.18. The summed E-state index contributed by atoms with van der Waals surface area (Å²) < 4.78 is 22.5. The smallest absolute Gasteiger partial charge is 0.257 e. The number of carbonyl (C=O) groups excluding carboxylic acids is 1. The minimum Gasteiger partial charge on any atom is -0.507 e. The molecule has 0 saturated carbocycles. The van der Waals surface area contributed by atoms with Crippen LogP contribution in [0, 0.1) is 5.41 Å². The van der Waals surface area contributed by atoms with E-state index in [1.807, 2.05) is 13.0 Å². The van der Waals surface area contributed by atoms with Gasteiger partial charge in [0.15, 0.2) is 18.0 Å². The normalized spacial score (nSPS) is 29.6. The van der Waals surface area contributed by atoms with Crippen LogP contribution in [0.3, 0.4) is 0 Å². The minimum absolute atomic E-state index is 0.113. The fourth-order valence-electron chi connectivity index (χ4n) is 5.08. The fourth-order valence-corrected chi connectivity index (χ4v) is 5.08. The van der Waals surface area contributed by atoms with Crippen LogP contribution in [0.1, 0.15) is 50.3 Å². The Bertz CT molecular complexity index is 1160. The lowest BCUT2D eigenvalue weighted by molar-refractivity contribution is -0.255. The summed E-state index contributed by atoms with van der Waals surface area (Å²) in [5, 5.41) is 26.2. The standard InChI is InChI=1S/C28H35NO7/c1-26(2)15-16-27(3,36-25(26)35-6)14-13-17-7-12-20-21(22(17)30)28(32,23(34-5)24(31)29-20)18-8-10-19(33-4)11-9-18/h7-14,23,25,30,32H,15-16H2,1-6H3,(H,29,31)/b14-13+/t23-,25-,27-,28+/m0/s1. The van der Waals surface area contributed by atoms with Crippen LogP contribution in [0.15, 0.2) is 42.5 Å². The highest BCUT2D eigenvalue weighted by Gasteiger charge is 2.51. The number of rotatable bonds is 6. The van der Waals surface area contributed by atoms with Gasteiger partial charge in [0.05, 0.1) is 24.0 Å². The van der Waals surface area contributed by atoms with E-state index in [1.54, 1.807) is 56.7 Å². The van der Waals surface area contributed by atoms with Crippen LogP contribution >= 0.6 is 0 Å². The number of fused-ring (bicyclic) bond motifs is 1. The molecule has 4 rings (SSSR count). The van der Waals surface area contributed by atoms with Crippen molar-refractivity contribution in [2.75, 3.05) is 26.6 Å². The second-order valence-electron chi connectivity index (χ2n) is 10.3. The Hall–Kier alpha value is -2.91. The molecule has 0 unspecified atom stereocenters. The number of amides is 1. The van der Waals surface area contributed by atoms with Crippen LogP contribution in [-0.2, 0) is 24.6 Å². The zero-order valence-corrected chi connectivity index (χ0v) is 21.6. The van der Waals surface area contributed by atoms with E-state index in [4.69, 9.17) is 18.9 Å². The predicted molar refractivity (Wildman–Crippen MR) is 136 cm³/mol. The molecule has 2 aliphatic rings. The van der Waals surface area contributed by atoms with Gasteiger partial charge in [0, 0.05) is 25.2 Å². The highest BCUT2D eigenvalue weighted by atomic mass is 16.7. The molecule has 0 spiro atoms. The number of aromatic hydroxyl groups is 1. The van der Waals surface area contributed by atoms with E-state index in [-0.39, 0.29) is 23.0 Å². The maximum Gasteiger partial charge on any atom is 0.257 e. The van der Waals surface area contributed by atoms with Crippen LogP contribution in [0.25, 0.3) is 6.08 Å². The van der Waals surface area contributed by atoms with Crippen LogP contribution in [0.2, 0.25) is 0 Å². The number of ether oxygens (including phenoxy) is 4. The number of phenolic OH excluding ortho intramolecular Hbond substituents is 1. The Morgan fingerprint density at radius 1 is 1.03 bits per heavy atom. The Morgan fingerprint density at radius 2 is 1.72 bits per heavy atom. The molecule has 2 aromatic carbocycles. The van der Waals surface area contributed by atoms with Crippen molar-refractivity contribution in [2.45, 2.75) is 57.2 Å². The van der Waals surface area contributed by atoms with Gasteiger partial charge in [-0.1, -0.05) is 38.1 Å². The Labute approximate surface area is 211 Å². The topological polar surface area (TPSA) is 106 Å². The van der Waals surface area contributed by atoms with E-state index in [0.717, 1.165) is 12.8 Å². The summed E-state index contributed by atoms with van der Waals surface area (Å²) in [5.41, 5.74) is -1.34. The fraction of sp³-hybridized carbons (Fsp3) is 0.464. The van der Waals surface area contributed by atoms with Gasteiger partial charge in [0.1, 0.15) is 11.5 Å². The molecule has 1 fully saturated rings. The summed E-state index contributed by atoms with van der Waals surface area (Å²) in [4.78, 5) is 12.8. The van der Waals surface area contributed by atoms with Crippen LogP contribution in [-0.4, -0.2) is 55.4 Å². The zero-order chi connectivity index (χ0) is 26.3. The summed E-state index contributed by atoms with van der Waals surface area (Å²) in [6.07, 6.45) is 3.70. The molecule has 8 nitrogen and oxygen atoms in total. The second-order valence-corrected chi connectivity index (χ2v) is 10.3. The highest BCUT2D eigenvalue weighted by molar-refractivity contribution is 6.00. The van der Waals surface area contributed by atoms with Crippen molar-refractivity contribution >= 4 is 17.7 Å². The largest absolute Gasteiger partial charge is 0.507 e. The molecule has 3 N–H and O–H groups in total. The molecule has 0 aliphatic carbocycles. The van der Waals surface area contributed by atoms with Gasteiger partial charge in [-0.2, -0.15) is 0 Å². The lowest BCUT2D eigenvalue weighted by Crippen LogP contribution is -2.52. The Balaban J connectivity index is 1.77. The van der Waals surface area contributed by atoms with Crippen LogP contribution in [0.4, 0.5) is 5.69 Å². The molecule has 0 aromatic heterocycles. The molecular weight excluding hydrogens is 462 g/mol. The van der Waals surface area contributed by atoms with Crippen molar-refractivity contribution in [3.8, 4) is 11.5 Å². The van der Waals surface area contributed by atoms with Crippen LogP contribution in [0.5, 0.6) is 11.5 Å². The molecule has 36 heavy (non-hydrogen) atoms. The monoisotopic (exact) mass is 497 g/mol. The molecule has 8 heteroatoms. The molecule has 194 valence electrons. The van der Waals surface area contributed by atoms with E-state index in [9.17, 15) is 15.0 Å². The zero-order valence-electron chi connectivity index (χ0n) is 21.6. The molecule has 1 saturated heterocycles. The van der Waals surface area contributed by atoms with Crippen molar-refractivity contribution in [1.29, 1.82) is 0 Å². The molecule has 0 bridgehead atoms. The molecule has 2 aliphatic heterocycles. The number of phenols is 1. The van der Waals surface area contributed by atoms with Crippen molar-refractivity contribution in [3.63, 3.8) is 0 Å². The maximum atomic E-state index is 12.8. The summed E-state index contributed by atoms with van der Waals surface area (Å²) in [5.74, 6) is -0.0783. The lowest BCUT2D eigenvalue weighted by Gasteiger charge is -2.45. The number of nitrogens with one attached hydrogen (secondary N) is 1. The van der Waals surface area contributed by atoms with Gasteiger partial charge >= 0.3 is 0 Å². The molecule has 2 aromatic rings. The van der Waals surface area contributed by atoms with Gasteiger partial charge in [-0.25, -0.2) is 0 Å². The summed E-state index contributed by atoms with van der Waals surface area (Å²) >= 11 is 0. The Kier molecular flexibility index (Phi) is 6.92. The van der Waals surface area contributed by atoms with E-state index in [2.05, 4.69) is 19.2 Å². The number of hydrogen-bond acceptors (Lipinski definition) is 7. The molecule has 4 atom stereocenters. The van der Waals surface area contributed by atoms with Crippen molar-refractivity contribution in [1.82, 2.24) is 0 Å². The van der Waals surface area contributed by atoms with Gasteiger partial charge < -0.3 is 34.5 Å². The number of hydrogen-bond donors (Lipinski definition) is 3. The number of carbonyl (C=O) groups is 1. The number of anilines is 1. The van der Waals surface area contributed by atoms with E-state index in [0.29, 0.717) is 22.6 Å². The third-order valence-electron chi connectivity index (χ3n) is 7.34. The highest BCUT2D eigenvalue weighted by Crippen LogP contribution is 2.48. The second kappa shape index (κ2) is 9.52. The quantitative estimate of drug-likeness (QED) is 0.550. The van der Waals surface area contributed by atoms with E-state index in [1.165, 1.54) is 7.11 Å². The third-order valence-corrected chi connectivity index (χ3v) is 7.34. The first-order valence-electron chi connectivity index (χ1n) is 12.0. The molecule has 0 radical (unpaired) electrons. The number of aliphatic hydroxyl groups is 1. The third kappa shape index (κ3) is 4.39. The van der Waals surface area contributed by atoms with Gasteiger partial charge in [0.25, 0.3) is 5.91 Å². The Morgan fingerprint density at radius 3 is 2.33 bits per heavy atom. The average molecular weight is 498 g/mol. The summed E-state index contributed by atoms with van der Waals surface area (Å²) in [7, 11) is 4.53. The number of methoxy groups -OCH3 is 3. The first-order chi connectivity index (χ1) is 17.0. The minimum atomic E-state index is -1.94. The van der Waals surface area contributed by atoms with Gasteiger partial charge in [-0.3, -0.25) is 4.79 Å². The molecule has 2 heterocycles. The maximum absolute atomic E-state index is 12.8. The van der Waals surface area contributed by atoms with Gasteiger partial charge in [-0.05, 0) is 49.6 Å². The van der Waals surface area contributed by atoms with Crippen LogP contribution < -0.4 is 10.1 Å². The lowest BCUT2D eigenvalue weighted by atomic mass is 9.76. The van der Waals surface area contributed by atoms with E-state index < -0.39 is 23.2 Å². The molecule has 1 amide bonds. The average Bonchev–Trinajstić information content (AvgIpc) is 2.85. The first-order valence-corrected chi connectivity index (χ1v) is 12.0. The van der Waals surface area contributed by atoms with Crippen molar-refractivity contribution in [3.05, 3.63) is 59.2 Å². The molecular formula is C28H35NO7. The van der Waals surface area contributed by atoms with Gasteiger partial charge in [0.2, 0.25) is 0 Å². The van der Waals surface area contributed by atoms with Crippen molar-refractivity contribution < 1.29 is 34.0 Å². The first kappa shape index (κ1) is 26.2. The summed E-state index contributed by atoms with van der Waals surface area (Å²) in [6, 6.07) is 10.0. The summed E-state index contributed by atoms with van der Waals surface area (Å²) in [6.45, 7) is 6.20. The number of benzene rings is 2. The van der Waals surface area contributed by atoms with Gasteiger partial charge in [-0.15, -0.1) is 0 Å². The SMILES string of the molecule is COc1ccc([C@@]2(O)c3c(ccc(/C=C/[C@@]4(C)CCC(C)(C)[C@@H](OC)O4)c3O)NC(=O)[C@@H]2OC)cc1. The van der Waals surface area contributed by atoms with E-state index >= 15 is 0 Å². The van der Waals surface area contributed by atoms with Crippen molar-refractivity contribution in [2.24, 2.45) is 5.41 Å².